The fourth-order valence-electron chi connectivity index (χ4n) is 1.58. The number of nitriles is 1. The fourth-order valence-corrected chi connectivity index (χ4v) is 1.58. The first kappa shape index (κ1) is 13.4. The first-order valence-corrected chi connectivity index (χ1v) is 5.49. The number of piperidine rings is 1. The van der Waals surface area contributed by atoms with Gasteiger partial charge in [-0.25, -0.2) is 0 Å². The quantitative estimate of drug-likeness (QED) is 0.696. The van der Waals surface area contributed by atoms with Crippen LogP contribution in [0.15, 0.2) is 0 Å². The average Bonchev–Trinajstić information content (AvgIpc) is 2.30. The molecule has 1 saturated heterocycles. The van der Waals surface area contributed by atoms with Gasteiger partial charge in [-0.2, -0.15) is 5.26 Å². The molecular formula is C11H22N2O. The van der Waals surface area contributed by atoms with Gasteiger partial charge in [0, 0.05) is 33.2 Å². The topological polar surface area (TPSA) is 36.3 Å². The van der Waals surface area contributed by atoms with E-state index < -0.39 is 0 Å². The van der Waals surface area contributed by atoms with Crippen LogP contribution in [0.2, 0.25) is 0 Å². The highest BCUT2D eigenvalue weighted by molar-refractivity contribution is 4.76. The number of likely N-dealkylation sites (tertiary alicyclic amines) is 1. The van der Waals surface area contributed by atoms with Crippen molar-refractivity contribution in [3.63, 3.8) is 0 Å². The molecule has 0 saturated carbocycles. The number of nitrogens with zero attached hydrogens (tertiary/aromatic N) is 2. The maximum absolute atomic E-state index is 8.39. The van der Waals surface area contributed by atoms with Gasteiger partial charge in [0.2, 0.25) is 0 Å². The average molecular weight is 198 g/mol. The van der Waals surface area contributed by atoms with E-state index in [1.54, 1.807) is 7.11 Å². The van der Waals surface area contributed by atoms with Crippen LogP contribution < -0.4 is 0 Å². The van der Waals surface area contributed by atoms with Gasteiger partial charge >= 0.3 is 0 Å². The second-order valence-electron chi connectivity index (χ2n) is 3.18. The van der Waals surface area contributed by atoms with Gasteiger partial charge in [-0.3, -0.25) is 0 Å². The zero-order chi connectivity index (χ0) is 10.8. The lowest BCUT2D eigenvalue weighted by atomic mass is 10.1. The van der Waals surface area contributed by atoms with Crippen LogP contribution in [0.3, 0.4) is 0 Å². The summed E-state index contributed by atoms with van der Waals surface area (Å²) in [6.45, 7) is 7.09. The molecule has 3 heteroatoms. The Kier molecular flexibility index (Phi) is 8.61. The summed E-state index contributed by atoms with van der Waals surface area (Å²) in [6, 6.07) is 2.17. The standard InChI is InChI=1S/C9H16N2O.C2H6/c1-12-9-3-7-11(8-4-9)6-2-5-10;1-2/h9H,2-4,6-8H2,1H3;1-2H3. The number of ether oxygens (including phenoxy) is 1. The van der Waals surface area contributed by atoms with Gasteiger partial charge in [0.05, 0.1) is 12.2 Å². The van der Waals surface area contributed by atoms with Crippen molar-refractivity contribution < 1.29 is 4.74 Å². The highest BCUT2D eigenvalue weighted by Gasteiger charge is 2.17. The fraction of sp³-hybridized carbons (Fsp3) is 0.909. The van der Waals surface area contributed by atoms with Crippen LogP contribution >= 0.6 is 0 Å². The predicted octanol–water partition coefficient (Wildman–Crippen LogP) is 2.04. The van der Waals surface area contributed by atoms with Crippen molar-refractivity contribution in [3.05, 3.63) is 0 Å². The molecule has 1 rings (SSSR count). The number of hydrogen-bond acceptors (Lipinski definition) is 3. The Morgan fingerprint density at radius 3 is 2.36 bits per heavy atom. The van der Waals surface area contributed by atoms with E-state index in [-0.39, 0.29) is 0 Å². The molecule has 0 bridgehead atoms. The zero-order valence-electron chi connectivity index (χ0n) is 9.62. The van der Waals surface area contributed by atoms with Gasteiger partial charge in [0.15, 0.2) is 0 Å². The Hall–Kier alpha value is -0.590. The highest BCUT2D eigenvalue weighted by Crippen LogP contribution is 2.12. The number of hydrogen-bond donors (Lipinski definition) is 0. The minimum absolute atomic E-state index is 0.448. The molecule has 0 N–H and O–H groups in total. The molecule has 3 nitrogen and oxygen atoms in total. The summed E-state index contributed by atoms with van der Waals surface area (Å²) in [6.07, 6.45) is 3.32. The van der Waals surface area contributed by atoms with E-state index in [9.17, 15) is 0 Å². The molecule has 0 unspecified atom stereocenters. The lowest BCUT2D eigenvalue weighted by molar-refractivity contribution is 0.0418. The largest absolute Gasteiger partial charge is 0.381 e. The van der Waals surface area contributed by atoms with Crippen LogP contribution in [-0.2, 0) is 4.74 Å². The van der Waals surface area contributed by atoms with Gasteiger partial charge in [-0.05, 0) is 12.8 Å². The third-order valence-corrected chi connectivity index (χ3v) is 2.41. The normalized spacial score (nSPS) is 18.1. The molecule has 1 aliphatic rings. The summed E-state index contributed by atoms with van der Waals surface area (Å²) in [7, 11) is 1.77. The summed E-state index contributed by atoms with van der Waals surface area (Å²) < 4.78 is 5.25. The predicted molar refractivity (Wildman–Crippen MR) is 58.0 cm³/mol. The first-order valence-electron chi connectivity index (χ1n) is 5.49. The van der Waals surface area contributed by atoms with Gasteiger partial charge in [0.1, 0.15) is 0 Å². The minimum Gasteiger partial charge on any atom is -0.381 e. The van der Waals surface area contributed by atoms with E-state index in [0.29, 0.717) is 12.5 Å². The molecule has 82 valence electrons. The van der Waals surface area contributed by atoms with Crippen molar-refractivity contribution >= 4 is 0 Å². The van der Waals surface area contributed by atoms with Crippen molar-refractivity contribution in [3.8, 4) is 6.07 Å². The second-order valence-corrected chi connectivity index (χ2v) is 3.18. The Morgan fingerprint density at radius 2 is 1.93 bits per heavy atom. The minimum atomic E-state index is 0.448. The lowest BCUT2D eigenvalue weighted by Crippen LogP contribution is -2.37. The summed E-state index contributed by atoms with van der Waals surface area (Å²) in [4.78, 5) is 2.33. The molecule has 0 radical (unpaired) electrons. The molecule has 0 atom stereocenters. The molecule has 14 heavy (non-hydrogen) atoms. The Balaban J connectivity index is 0.000000791. The van der Waals surface area contributed by atoms with E-state index >= 15 is 0 Å². The molecular weight excluding hydrogens is 176 g/mol. The maximum Gasteiger partial charge on any atom is 0.0635 e. The Morgan fingerprint density at radius 1 is 1.36 bits per heavy atom. The number of methoxy groups -OCH3 is 1. The molecule has 0 aromatic rings. The van der Waals surface area contributed by atoms with E-state index in [2.05, 4.69) is 11.0 Å². The molecule has 0 aliphatic carbocycles. The molecule has 1 aliphatic heterocycles. The number of rotatable bonds is 3. The summed E-state index contributed by atoms with van der Waals surface area (Å²) >= 11 is 0. The molecule has 1 heterocycles. The smallest absolute Gasteiger partial charge is 0.0635 e. The summed E-state index contributed by atoms with van der Waals surface area (Å²) in [5.41, 5.74) is 0. The Bertz CT molecular complexity index is 157. The molecule has 0 aromatic heterocycles. The maximum atomic E-state index is 8.39. The molecule has 0 amide bonds. The lowest BCUT2D eigenvalue weighted by Gasteiger charge is -2.30. The van der Waals surface area contributed by atoms with Crippen LogP contribution in [0.1, 0.15) is 33.1 Å². The van der Waals surface area contributed by atoms with Gasteiger partial charge in [0.25, 0.3) is 0 Å². The van der Waals surface area contributed by atoms with Gasteiger partial charge in [-0.1, -0.05) is 13.8 Å². The van der Waals surface area contributed by atoms with Crippen molar-refractivity contribution in [2.24, 2.45) is 0 Å². The van der Waals surface area contributed by atoms with Crippen molar-refractivity contribution in [1.29, 1.82) is 5.26 Å². The first-order chi connectivity index (χ1) is 6.86. The van der Waals surface area contributed by atoms with E-state index in [1.165, 1.54) is 0 Å². The van der Waals surface area contributed by atoms with E-state index in [0.717, 1.165) is 32.5 Å². The summed E-state index contributed by atoms with van der Waals surface area (Å²) in [5.74, 6) is 0. The van der Waals surface area contributed by atoms with Gasteiger partial charge < -0.3 is 9.64 Å². The SMILES string of the molecule is CC.COC1CCN(CCC#N)CC1. The van der Waals surface area contributed by atoms with Crippen molar-refractivity contribution in [1.82, 2.24) is 4.90 Å². The second kappa shape index (κ2) is 8.98. The van der Waals surface area contributed by atoms with Crippen molar-refractivity contribution in [2.75, 3.05) is 26.7 Å². The van der Waals surface area contributed by atoms with Gasteiger partial charge in [-0.15, -0.1) is 0 Å². The highest BCUT2D eigenvalue weighted by atomic mass is 16.5. The van der Waals surface area contributed by atoms with E-state index in [1.807, 2.05) is 13.8 Å². The molecule has 1 fully saturated rings. The van der Waals surface area contributed by atoms with E-state index in [4.69, 9.17) is 10.00 Å². The van der Waals surface area contributed by atoms with Crippen LogP contribution in [0.5, 0.6) is 0 Å². The third-order valence-electron chi connectivity index (χ3n) is 2.41. The van der Waals surface area contributed by atoms with Crippen LogP contribution in [0.25, 0.3) is 0 Å². The Labute approximate surface area is 87.7 Å². The van der Waals surface area contributed by atoms with Crippen LogP contribution in [-0.4, -0.2) is 37.7 Å². The molecule has 0 spiro atoms. The van der Waals surface area contributed by atoms with Crippen molar-refractivity contribution in [2.45, 2.75) is 39.2 Å². The van der Waals surface area contributed by atoms with Crippen LogP contribution in [0, 0.1) is 11.3 Å². The zero-order valence-corrected chi connectivity index (χ0v) is 9.62. The van der Waals surface area contributed by atoms with Crippen LogP contribution in [0.4, 0.5) is 0 Å². The third kappa shape index (κ3) is 5.21. The monoisotopic (exact) mass is 198 g/mol. The summed E-state index contributed by atoms with van der Waals surface area (Å²) in [5, 5.41) is 8.39. The molecule has 0 aromatic carbocycles.